The van der Waals surface area contributed by atoms with E-state index in [1.807, 2.05) is 36.9 Å². The molecule has 0 aromatic heterocycles. The number of carbonyl (C=O) groups is 1. The highest BCUT2D eigenvalue weighted by Gasteiger charge is 2.50. The Balaban J connectivity index is 1.81. The van der Waals surface area contributed by atoms with E-state index in [1.165, 1.54) is 11.8 Å². The lowest BCUT2D eigenvalue weighted by Gasteiger charge is -2.28. The number of thioether (sulfide) groups is 1. The largest absolute Gasteiger partial charge is 0.315 e. The Morgan fingerprint density at radius 3 is 2.43 bits per heavy atom. The van der Waals surface area contributed by atoms with Crippen LogP contribution in [0.5, 0.6) is 0 Å². The number of benzene rings is 2. The molecule has 1 amide bonds. The molecule has 146 valence electrons. The quantitative estimate of drug-likeness (QED) is 0.652. The van der Waals surface area contributed by atoms with E-state index in [-0.39, 0.29) is 28.7 Å². The molecule has 4 rings (SSSR count). The minimum Gasteiger partial charge on any atom is -0.315 e. The number of sulfone groups is 1. The summed E-state index contributed by atoms with van der Waals surface area (Å²) >= 11 is 4.91. The molecular weight excluding hydrogens is 460 g/mol. The number of anilines is 1. The Hall–Kier alpha value is -1.64. The van der Waals surface area contributed by atoms with Gasteiger partial charge in [0.05, 0.1) is 17.5 Å². The van der Waals surface area contributed by atoms with Crippen LogP contribution in [0, 0.1) is 13.8 Å². The van der Waals surface area contributed by atoms with Crippen LogP contribution in [0.3, 0.4) is 0 Å². The third-order valence-corrected chi connectivity index (χ3v) is 8.65. The van der Waals surface area contributed by atoms with Crippen molar-refractivity contribution in [1.29, 1.82) is 0 Å². The van der Waals surface area contributed by atoms with Gasteiger partial charge in [0.25, 0.3) is 5.91 Å². The van der Waals surface area contributed by atoms with Gasteiger partial charge in [-0.25, -0.2) is 8.42 Å². The SMILES string of the molecule is Cc1cc(Br)cc(C)c1N1C(=NC(=O)c2ccccc2)S[C@H]2CS(=O)(=O)C[C@H]21. The van der Waals surface area contributed by atoms with E-state index >= 15 is 0 Å². The first-order valence-electron chi connectivity index (χ1n) is 8.86. The Kier molecular flexibility index (Phi) is 5.14. The average Bonchev–Trinajstić information content (AvgIpc) is 3.07. The van der Waals surface area contributed by atoms with Crippen LogP contribution in [0.4, 0.5) is 5.69 Å². The van der Waals surface area contributed by atoms with E-state index in [0.717, 1.165) is 21.3 Å². The van der Waals surface area contributed by atoms with E-state index in [0.29, 0.717) is 10.7 Å². The molecule has 2 aliphatic heterocycles. The van der Waals surface area contributed by atoms with E-state index < -0.39 is 9.84 Å². The van der Waals surface area contributed by atoms with E-state index in [1.54, 1.807) is 24.3 Å². The van der Waals surface area contributed by atoms with Crippen molar-refractivity contribution in [1.82, 2.24) is 0 Å². The van der Waals surface area contributed by atoms with Gasteiger partial charge in [-0.1, -0.05) is 45.9 Å². The Morgan fingerprint density at radius 2 is 1.79 bits per heavy atom. The van der Waals surface area contributed by atoms with E-state index in [9.17, 15) is 13.2 Å². The van der Waals surface area contributed by atoms with E-state index in [2.05, 4.69) is 20.9 Å². The molecule has 28 heavy (non-hydrogen) atoms. The Labute approximate surface area is 177 Å². The Morgan fingerprint density at radius 1 is 1.14 bits per heavy atom. The number of carbonyl (C=O) groups excluding carboxylic acids is 1. The van der Waals surface area contributed by atoms with Crippen molar-refractivity contribution in [2.45, 2.75) is 25.1 Å². The lowest BCUT2D eigenvalue weighted by Crippen LogP contribution is -2.38. The smallest absolute Gasteiger partial charge is 0.279 e. The second-order valence-corrected chi connectivity index (χ2v) is 11.4. The van der Waals surface area contributed by atoms with E-state index in [4.69, 9.17) is 0 Å². The van der Waals surface area contributed by atoms with Gasteiger partial charge in [-0.3, -0.25) is 4.79 Å². The van der Waals surface area contributed by atoms with Crippen molar-refractivity contribution in [3.05, 3.63) is 63.6 Å². The van der Waals surface area contributed by atoms with Gasteiger partial charge in [0.1, 0.15) is 0 Å². The maximum absolute atomic E-state index is 12.7. The number of nitrogens with zero attached hydrogens (tertiary/aromatic N) is 2. The predicted octanol–water partition coefficient (Wildman–Crippen LogP) is 3.98. The summed E-state index contributed by atoms with van der Waals surface area (Å²) in [6, 6.07) is 12.7. The van der Waals surface area contributed by atoms with Gasteiger partial charge in [-0.15, -0.1) is 0 Å². The number of halogens is 1. The summed E-state index contributed by atoms with van der Waals surface area (Å²) in [4.78, 5) is 19.1. The van der Waals surface area contributed by atoms with Gasteiger partial charge < -0.3 is 4.90 Å². The van der Waals surface area contributed by atoms with Crippen LogP contribution in [0.1, 0.15) is 21.5 Å². The minimum atomic E-state index is -3.10. The maximum atomic E-state index is 12.7. The van der Waals surface area contributed by atoms with Crippen LogP contribution in [0.15, 0.2) is 51.9 Å². The zero-order valence-electron chi connectivity index (χ0n) is 15.4. The molecule has 2 aromatic carbocycles. The highest BCUT2D eigenvalue weighted by Crippen LogP contribution is 2.43. The standard InChI is InChI=1S/C20H19BrN2O3S2/c1-12-8-15(21)9-13(2)18(12)23-16-10-28(25,26)11-17(16)27-20(23)22-19(24)14-6-4-3-5-7-14/h3-9,16-17H,10-11H2,1-2H3/t16-,17+/m1/s1. The third-order valence-electron chi connectivity index (χ3n) is 4.98. The first-order chi connectivity index (χ1) is 13.2. The molecule has 2 heterocycles. The molecule has 0 radical (unpaired) electrons. The molecule has 2 atom stereocenters. The molecule has 2 aromatic rings. The van der Waals surface area contributed by atoms with Crippen LogP contribution < -0.4 is 4.90 Å². The number of amidine groups is 1. The molecule has 0 spiro atoms. The maximum Gasteiger partial charge on any atom is 0.279 e. The lowest BCUT2D eigenvalue weighted by molar-refractivity contribution is 0.100. The fraction of sp³-hybridized carbons (Fsp3) is 0.300. The summed E-state index contributed by atoms with van der Waals surface area (Å²) in [6.45, 7) is 3.98. The fourth-order valence-electron chi connectivity index (χ4n) is 3.84. The highest BCUT2D eigenvalue weighted by atomic mass is 79.9. The van der Waals surface area contributed by atoms with Crippen LogP contribution in [-0.4, -0.2) is 42.3 Å². The second kappa shape index (κ2) is 7.31. The van der Waals surface area contributed by atoms with Gasteiger partial charge in [0.15, 0.2) is 15.0 Å². The molecule has 0 bridgehead atoms. The first kappa shape index (κ1) is 19.7. The molecule has 5 nitrogen and oxygen atoms in total. The van der Waals surface area contributed by atoms with Crippen LogP contribution in [0.25, 0.3) is 0 Å². The number of fused-ring (bicyclic) bond motifs is 1. The van der Waals surface area contributed by atoms with Crippen LogP contribution in [0.2, 0.25) is 0 Å². The average molecular weight is 479 g/mol. The number of rotatable bonds is 2. The number of amides is 1. The van der Waals surface area contributed by atoms with Crippen molar-refractivity contribution < 1.29 is 13.2 Å². The monoisotopic (exact) mass is 478 g/mol. The summed E-state index contributed by atoms with van der Waals surface area (Å²) in [5.74, 6) is -0.118. The summed E-state index contributed by atoms with van der Waals surface area (Å²) < 4.78 is 25.4. The number of aryl methyl sites for hydroxylation is 2. The zero-order valence-corrected chi connectivity index (χ0v) is 18.6. The second-order valence-electron chi connectivity index (χ2n) is 7.12. The lowest BCUT2D eigenvalue weighted by atomic mass is 10.1. The topological polar surface area (TPSA) is 66.8 Å². The van der Waals surface area contributed by atoms with Crippen molar-refractivity contribution in [2.24, 2.45) is 4.99 Å². The van der Waals surface area contributed by atoms with Crippen LogP contribution in [-0.2, 0) is 9.84 Å². The molecular formula is C20H19BrN2O3S2. The van der Waals surface area contributed by atoms with Crippen LogP contribution >= 0.6 is 27.7 Å². The Bertz CT molecular complexity index is 1060. The molecule has 0 unspecified atom stereocenters. The van der Waals surface area contributed by atoms with Gasteiger partial charge >= 0.3 is 0 Å². The molecule has 0 N–H and O–H groups in total. The van der Waals surface area contributed by atoms with Gasteiger partial charge in [0, 0.05) is 21.0 Å². The van der Waals surface area contributed by atoms with Gasteiger partial charge in [-0.2, -0.15) is 4.99 Å². The summed E-state index contributed by atoms with van der Waals surface area (Å²) in [5, 5.41) is 0.460. The molecule has 2 saturated heterocycles. The molecule has 2 aliphatic rings. The molecule has 2 fully saturated rings. The predicted molar refractivity (Wildman–Crippen MR) is 118 cm³/mol. The molecule has 0 saturated carbocycles. The summed E-state index contributed by atoms with van der Waals surface area (Å²) in [7, 11) is -3.10. The molecule has 8 heteroatoms. The fourth-order valence-corrected chi connectivity index (χ4v) is 8.43. The van der Waals surface area contributed by atoms with Gasteiger partial charge in [0.2, 0.25) is 0 Å². The number of aliphatic imine (C=N–C) groups is 1. The number of hydrogen-bond acceptors (Lipinski definition) is 4. The van der Waals surface area contributed by atoms with Crippen molar-refractivity contribution in [2.75, 3.05) is 16.4 Å². The minimum absolute atomic E-state index is 0.0815. The molecule has 0 aliphatic carbocycles. The first-order valence-corrected chi connectivity index (χ1v) is 12.4. The summed E-state index contributed by atoms with van der Waals surface area (Å²) in [6.07, 6.45) is 0. The van der Waals surface area contributed by atoms with Crippen molar-refractivity contribution in [3.8, 4) is 0 Å². The highest BCUT2D eigenvalue weighted by molar-refractivity contribution is 9.10. The van der Waals surface area contributed by atoms with Crippen molar-refractivity contribution in [3.63, 3.8) is 0 Å². The third kappa shape index (κ3) is 3.65. The number of hydrogen-bond donors (Lipinski definition) is 0. The van der Waals surface area contributed by atoms with Crippen molar-refractivity contribution >= 4 is 54.3 Å². The van der Waals surface area contributed by atoms with Gasteiger partial charge in [-0.05, 0) is 49.2 Å². The zero-order chi connectivity index (χ0) is 20.1. The normalized spacial score (nSPS) is 24.5. The summed E-state index contributed by atoms with van der Waals surface area (Å²) in [5.41, 5.74) is 3.47.